The number of phosphoric ester groups is 1. The molecule has 17 nitrogen and oxygen atoms in total. The second-order valence-corrected chi connectivity index (χ2v) is 11.9. The van der Waals surface area contributed by atoms with Crippen LogP contribution in [0.5, 0.6) is 0 Å². The lowest BCUT2D eigenvalue weighted by molar-refractivity contribution is -0.136. The predicted molar refractivity (Wildman–Crippen MR) is 157 cm³/mol. The van der Waals surface area contributed by atoms with E-state index in [4.69, 9.17) is 9.79 Å². The lowest BCUT2D eigenvalue weighted by atomic mass is 10.0. The molecular formula is C26H44N7O10P. The zero-order chi connectivity index (χ0) is 33.6. The quantitative estimate of drug-likeness (QED) is 0.0619. The number of aliphatic hydroxyl groups excluding tert-OH is 1. The summed E-state index contributed by atoms with van der Waals surface area (Å²) in [5.41, 5.74) is 1.25. The van der Waals surface area contributed by atoms with Crippen molar-refractivity contribution in [1.29, 1.82) is 0 Å². The maximum absolute atomic E-state index is 13.4. The Kier molecular flexibility index (Phi) is 15.9. The number of rotatable bonds is 19. The van der Waals surface area contributed by atoms with Crippen molar-refractivity contribution in [2.75, 3.05) is 13.7 Å². The van der Waals surface area contributed by atoms with Crippen LogP contribution in [0.3, 0.4) is 0 Å². The van der Waals surface area contributed by atoms with Crippen molar-refractivity contribution in [3.8, 4) is 0 Å². The van der Waals surface area contributed by atoms with E-state index in [0.29, 0.717) is 12.1 Å². The number of nitrogens with zero attached hydrogens (tertiary/aromatic N) is 1. The van der Waals surface area contributed by atoms with E-state index in [0.717, 1.165) is 12.5 Å². The summed E-state index contributed by atoms with van der Waals surface area (Å²) in [5, 5.41) is 21.9. The van der Waals surface area contributed by atoms with Crippen molar-refractivity contribution in [1.82, 2.24) is 36.6 Å². The number of H-pyrrole nitrogens is 1. The van der Waals surface area contributed by atoms with Gasteiger partial charge in [-0.1, -0.05) is 19.4 Å². The summed E-state index contributed by atoms with van der Waals surface area (Å²) in [6.45, 7) is 9.45. The Hall–Kier alpha value is -3.63. The van der Waals surface area contributed by atoms with Gasteiger partial charge in [-0.15, -0.1) is 6.58 Å². The first-order chi connectivity index (χ1) is 20.5. The third-order valence-electron chi connectivity index (χ3n) is 6.16. The summed E-state index contributed by atoms with van der Waals surface area (Å²) in [6.07, 6.45) is 1.98. The Bertz CT molecular complexity index is 1190. The van der Waals surface area contributed by atoms with Crippen LogP contribution in [0.2, 0.25) is 0 Å². The highest BCUT2D eigenvalue weighted by atomic mass is 31.2. The number of imidazole rings is 1. The van der Waals surface area contributed by atoms with Crippen LogP contribution in [0.15, 0.2) is 24.7 Å². The fraction of sp³-hybridized carbons (Fsp3) is 0.615. The molecule has 44 heavy (non-hydrogen) atoms. The van der Waals surface area contributed by atoms with Gasteiger partial charge in [0.05, 0.1) is 19.0 Å². The summed E-state index contributed by atoms with van der Waals surface area (Å²) in [6, 6.07) is -5.55. The van der Waals surface area contributed by atoms with Gasteiger partial charge < -0.3 is 46.5 Å². The van der Waals surface area contributed by atoms with E-state index >= 15 is 0 Å². The highest BCUT2D eigenvalue weighted by molar-refractivity contribution is 7.46. The number of amides is 5. The average Bonchev–Trinajstić information content (AvgIpc) is 3.43. The van der Waals surface area contributed by atoms with Crippen molar-refractivity contribution in [2.45, 2.75) is 83.6 Å². The largest absolute Gasteiger partial charge is 0.469 e. The number of hydrogen-bond donors (Lipinski definition) is 9. The molecule has 1 aromatic rings. The first kappa shape index (κ1) is 38.4. The Morgan fingerprint density at radius 1 is 0.955 bits per heavy atom. The van der Waals surface area contributed by atoms with Crippen molar-refractivity contribution in [2.24, 2.45) is 5.92 Å². The summed E-state index contributed by atoms with van der Waals surface area (Å²) < 4.78 is 15.8. The molecule has 9 N–H and O–H groups in total. The molecular weight excluding hydrogens is 601 g/mol. The fourth-order valence-corrected chi connectivity index (χ4v) is 4.50. The van der Waals surface area contributed by atoms with E-state index in [2.05, 4.69) is 47.7 Å². The summed E-state index contributed by atoms with van der Waals surface area (Å²) in [7, 11) is -3.82. The van der Waals surface area contributed by atoms with E-state index < -0.39 is 68.3 Å². The number of aliphatic hydroxyl groups is 1. The van der Waals surface area contributed by atoms with E-state index in [1.165, 1.54) is 19.6 Å². The molecule has 5 amide bonds. The van der Waals surface area contributed by atoms with Gasteiger partial charge in [0, 0.05) is 31.8 Å². The van der Waals surface area contributed by atoms with Crippen LogP contribution in [-0.4, -0.2) is 98.3 Å². The molecule has 0 saturated heterocycles. The molecule has 0 bridgehead atoms. The fourth-order valence-electron chi connectivity index (χ4n) is 3.94. The van der Waals surface area contributed by atoms with Gasteiger partial charge in [0.1, 0.15) is 24.2 Å². The van der Waals surface area contributed by atoms with Gasteiger partial charge >= 0.3 is 7.82 Å². The number of allylic oxidation sites excluding steroid dienone is 1. The van der Waals surface area contributed by atoms with E-state index in [1.54, 1.807) is 6.92 Å². The molecule has 0 saturated carbocycles. The number of carbonyl (C=O) groups is 5. The van der Waals surface area contributed by atoms with Gasteiger partial charge in [-0.05, 0) is 32.6 Å². The lowest BCUT2D eigenvalue weighted by Gasteiger charge is -2.27. The monoisotopic (exact) mass is 645 g/mol. The van der Waals surface area contributed by atoms with Crippen molar-refractivity contribution in [3.05, 3.63) is 30.4 Å². The van der Waals surface area contributed by atoms with Gasteiger partial charge in [-0.2, -0.15) is 0 Å². The minimum Gasteiger partial charge on any atom is -0.394 e. The number of aromatic nitrogens is 2. The number of aromatic amines is 1. The Labute approximate surface area is 255 Å². The van der Waals surface area contributed by atoms with Gasteiger partial charge in [-0.25, -0.2) is 9.55 Å². The highest BCUT2D eigenvalue weighted by Gasteiger charge is 2.35. The molecule has 18 heteroatoms. The molecule has 248 valence electrons. The first-order valence-corrected chi connectivity index (χ1v) is 15.4. The first-order valence-electron chi connectivity index (χ1n) is 13.9. The van der Waals surface area contributed by atoms with Crippen molar-refractivity contribution in [3.63, 3.8) is 0 Å². The molecule has 0 aliphatic heterocycles. The molecule has 5 unspecified atom stereocenters. The number of carbonyl (C=O) groups excluding carboxylic acids is 5. The van der Waals surface area contributed by atoms with Gasteiger partial charge in [0.15, 0.2) is 0 Å². The molecule has 0 spiro atoms. The van der Waals surface area contributed by atoms with Gasteiger partial charge in [0.25, 0.3) is 0 Å². The number of hydrogen-bond acceptors (Lipinski definition) is 9. The SMILES string of the molecule is C=C(C)CCC(=O)NC(CC(C)C)C(=O)NC(Cc1cnc[nH]1)C(=O)NC(CO)C(=O)NC(C(=O)NC)C(C)OP(=O)(O)O. The average molecular weight is 646 g/mol. The molecule has 1 aromatic heterocycles. The molecule has 1 rings (SSSR count). The number of nitrogens with one attached hydrogen (secondary N) is 6. The van der Waals surface area contributed by atoms with E-state index in [9.17, 15) is 33.6 Å². The Morgan fingerprint density at radius 2 is 1.55 bits per heavy atom. The van der Waals surface area contributed by atoms with Gasteiger partial charge in [-0.3, -0.25) is 28.5 Å². The van der Waals surface area contributed by atoms with Crippen LogP contribution in [0, 0.1) is 5.92 Å². The summed E-state index contributed by atoms with van der Waals surface area (Å²) in [5.74, 6) is -3.87. The molecule has 0 aliphatic rings. The second-order valence-electron chi connectivity index (χ2n) is 10.7. The van der Waals surface area contributed by atoms with Crippen LogP contribution >= 0.6 is 7.82 Å². The molecule has 0 aliphatic carbocycles. The van der Waals surface area contributed by atoms with E-state index in [-0.39, 0.29) is 31.1 Å². The zero-order valence-electron chi connectivity index (χ0n) is 25.5. The van der Waals surface area contributed by atoms with Crippen LogP contribution in [0.1, 0.15) is 52.7 Å². The third kappa shape index (κ3) is 14.2. The molecule has 1 heterocycles. The molecule has 0 aromatic carbocycles. The Balaban J connectivity index is 3.15. The van der Waals surface area contributed by atoms with Crippen molar-refractivity contribution >= 4 is 37.4 Å². The van der Waals surface area contributed by atoms with Crippen LogP contribution in [0.25, 0.3) is 0 Å². The summed E-state index contributed by atoms with van der Waals surface area (Å²) in [4.78, 5) is 89.4. The second kappa shape index (κ2) is 18.2. The standard InChI is InChI=1S/C26H44N7O10P/c1-14(2)7-8-21(35)30-18(9-15(3)4)23(36)31-19(10-17-11-28-13-29-17)24(37)32-20(12-34)25(38)33-22(26(39)27-6)16(5)43-44(40,41)42/h11,13,15-16,18-20,22,34H,1,7-10,12H2,2-6H3,(H,27,39)(H,28,29)(H,30,35)(H,31,36)(H,32,37)(H,33,38)(H2,40,41,42). The van der Waals surface area contributed by atoms with Crippen molar-refractivity contribution < 1.29 is 48.0 Å². The number of likely N-dealkylation sites (N-methyl/N-ethyl adjacent to an activating group) is 1. The van der Waals surface area contributed by atoms with E-state index in [1.807, 2.05) is 13.8 Å². The van der Waals surface area contributed by atoms with Crippen LogP contribution in [-0.2, 0) is 39.5 Å². The zero-order valence-corrected chi connectivity index (χ0v) is 26.3. The minimum atomic E-state index is -5.04. The predicted octanol–water partition coefficient (Wildman–Crippen LogP) is -1.47. The summed E-state index contributed by atoms with van der Waals surface area (Å²) >= 11 is 0. The molecule has 0 radical (unpaired) electrons. The van der Waals surface area contributed by atoms with Crippen LogP contribution in [0.4, 0.5) is 0 Å². The highest BCUT2D eigenvalue weighted by Crippen LogP contribution is 2.38. The topological polar surface area (TPSA) is 261 Å². The maximum Gasteiger partial charge on any atom is 0.469 e. The number of phosphoric acid groups is 1. The molecule has 5 atom stereocenters. The van der Waals surface area contributed by atoms with Crippen LogP contribution < -0.4 is 26.6 Å². The Morgan fingerprint density at radius 3 is 2.05 bits per heavy atom. The lowest BCUT2D eigenvalue weighted by Crippen LogP contribution is -2.60. The smallest absolute Gasteiger partial charge is 0.394 e. The maximum atomic E-state index is 13.4. The minimum absolute atomic E-state index is 0.000231. The third-order valence-corrected chi connectivity index (χ3v) is 6.77. The van der Waals surface area contributed by atoms with Gasteiger partial charge in [0.2, 0.25) is 29.5 Å². The normalized spacial score (nSPS) is 14.8. The molecule has 0 fully saturated rings.